The molecular formula is C21H34N4O5Si. The van der Waals surface area contributed by atoms with Crippen LogP contribution in [0.3, 0.4) is 0 Å². The third-order valence-electron chi connectivity index (χ3n) is 6.56. The van der Waals surface area contributed by atoms with Gasteiger partial charge in [0, 0.05) is 6.20 Å². The average Bonchev–Trinajstić information content (AvgIpc) is 3.29. The molecule has 0 spiro atoms. The van der Waals surface area contributed by atoms with Crippen molar-refractivity contribution in [1.82, 2.24) is 14.5 Å². The van der Waals surface area contributed by atoms with E-state index in [1.54, 1.807) is 7.11 Å². The highest BCUT2D eigenvalue weighted by atomic mass is 28.4. The number of ether oxygens (including phenoxy) is 4. The molecule has 0 amide bonds. The lowest BCUT2D eigenvalue weighted by Crippen LogP contribution is -2.44. The Morgan fingerprint density at radius 1 is 1.19 bits per heavy atom. The number of nitrogens with zero attached hydrogens (tertiary/aromatic N) is 3. The highest BCUT2D eigenvalue weighted by Gasteiger charge is 2.56. The van der Waals surface area contributed by atoms with Crippen LogP contribution in [-0.4, -0.2) is 60.7 Å². The maximum absolute atomic E-state index is 6.47. The smallest absolute Gasteiger partial charge is 0.227 e. The molecule has 2 aromatic rings. The third kappa shape index (κ3) is 3.95. The van der Waals surface area contributed by atoms with Crippen LogP contribution in [0.2, 0.25) is 18.1 Å². The van der Waals surface area contributed by atoms with Gasteiger partial charge in [0.15, 0.2) is 26.0 Å². The summed E-state index contributed by atoms with van der Waals surface area (Å²) in [5.41, 5.74) is 6.54. The summed E-state index contributed by atoms with van der Waals surface area (Å²) in [6.45, 7) is 15.4. The molecule has 4 heterocycles. The van der Waals surface area contributed by atoms with Gasteiger partial charge in [-0.3, -0.25) is 0 Å². The summed E-state index contributed by atoms with van der Waals surface area (Å²) in [5, 5.41) is 0.870. The first kappa shape index (κ1) is 22.5. The maximum atomic E-state index is 6.47. The lowest BCUT2D eigenvalue weighted by molar-refractivity contribution is -0.199. The van der Waals surface area contributed by atoms with Crippen molar-refractivity contribution < 1.29 is 23.4 Å². The number of hydrogen-bond donors (Lipinski definition) is 1. The summed E-state index contributed by atoms with van der Waals surface area (Å²) >= 11 is 0. The van der Waals surface area contributed by atoms with Gasteiger partial charge in [-0.25, -0.2) is 0 Å². The molecule has 0 radical (unpaired) electrons. The summed E-state index contributed by atoms with van der Waals surface area (Å²) in [4.78, 5) is 8.59. The number of aromatic nitrogens is 3. The molecule has 0 unspecified atom stereocenters. The van der Waals surface area contributed by atoms with Crippen molar-refractivity contribution in [2.45, 2.75) is 83.1 Å². The van der Waals surface area contributed by atoms with Gasteiger partial charge < -0.3 is 33.7 Å². The van der Waals surface area contributed by atoms with E-state index in [1.807, 2.05) is 30.7 Å². The quantitative estimate of drug-likeness (QED) is 0.691. The van der Waals surface area contributed by atoms with Crippen LogP contribution in [0.4, 0.5) is 5.95 Å². The van der Waals surface area contributed by atoms with Crippen LogP contribution in [0.1, 0.15) is 40.8 Å². The topological polar surface area (TPSA) is 103 Å². The highest BCUT2D eigenvalue weighted by molar-refractivity contribution is 6.74. The maximum Gasteiger partial charge on any atom is 0.227 e. The Hall–Kier alpha value is -1.72. The third-order valence-corrected chi connectivity index (χ3v) is 11.1. The van der Waals surface area contributed by atoms with Crippen LogP contribution >= 0.6 is 0 Å². The number of nitrogens with two attached hydrogens (primary N) is 1. The fourth-order valence-electron chi connectivity index (χ4n) is 3.91. The van der Waals surface area contributed by atoms with Crippen molar-refractivity contribution in [2.24, 2.45) is 0 Å². The van der Waals surface area contributed by atoms with E-state index in [4.69, 9.17) is 29.1 Å². The van der Waals surface area contributed by atoms with Gasteiger partial charge in [0.25, 0.3) is 0 Å². The molecule has 31 heavy (non-hydrogen) atoms. The number of hydrogen-bond acceptors (Lipinski definition) is 8. The molecular weight excluding hydrogens is 416 g/mol. The largest absolute Gasteiger partial charge is 0.480 e. The zero-order chi connectivity index (χ0) is 22.8. The van der Waals surface area contributed by atoms with E-state index < -0.39 is 20.3 Å². The van der Waals surface area contributed by atoms with Crippen molar-refractivity contribution >= 4 is 25.3 Å². The molecule has 10 heteroatoms. The van der Waals surface area contributed by atoms with E-state index in [2.05, 4.69) is 43.8 Å². The summed E-state index contributed by atoms with van der Waals surface area (Å²) in [6, 6.07) is 1.90. The SMILES string of the molecule is COc1nc(N)nc2c1ccn2[C@@H]1O[C@H](CO[Si](C)(C)C(C)(C)C)[C@@H]2OC(C)(C)O[C@@H]21. The molecule has 2 saturated heterocycles. The minimum absolute atomic E-state index is 0.109. The van der Waals surface area contributed by atoms with Gasteiger partial charge in [0.05, 0.1) is 19.1 Å². The van der Waals surface area contributed by atoms with Crippen LogP contribution in [0, 0.1) is 0 Å². The van der Waals surface area contributed by atoms with Crippen molar-refractivity contribution in [1.29, 1.82) is 0 Å². The van der Waals surface area contributed by atoms with E-state index in [0.717, 1.165) is 5.39 Å². The molecule has 0 saturated carbocycles. The molecule has 2 N–H and O–H groups in total. The molecule has 2 aliphatic heterocycles. The van der Waals surface area contributed by atoms with Gasteiger partial charge in [-0.05, 0) is 38.0 Å². The first-order valence-electron chi connectivity index (χ1n) is 10.7. The van der Waals surface area contributed by atoms with E-state index in [9.17, 15) is 0 Å². The summed E-state index contributed by atoms with van der Waals surface area (Å²) in [5.74, 6) is -0.139. The molecule has 4 rings (SSSR count). The van der Waals surface area contributed by atoms with Crippen molar-refractivity contribution in [2.75, 3.05) is 19.5 Å². The van der Waals surface area contributed by atoms with Crippen LogP contribution < -0.4 is 10.5 Å². The number of methoxy groups -OCH3 is 1. The zero-order valence-electron chi connectivity index (χ0n) is 19.6. The normalized spacial score (nSPS) is 28.3. The predicted molar refractivity (Wildman–Crippen MR) is 119 cm³/mol. The number of fused-ring (bicyclic) bond motifs is 2. The lowest BCUT2D eigenvalue weighted by Gasteiger charge is -2.37. The number of anilines is 1. The molecule has 0 aromatic carbocycles. The van der Waals surface area contributed by atoms with Gasteiger partial charge in [-0.15, -0.1) is 0 Å². The fourth-order valence-corrected chi connectivity index (χ4v) is 4.92. The van der Waals surface area contributed by atoms with E-state index in [1.165, 1.54) is 0 Å². The van der Waals surface area contributed by atoms with Gasteiger partial charge in [0.1, 0.15) is 18.3 Å². The van der Waals surface area contributed by atoms with E-state index in [0.29, 0.717) is 18.1 Å². The van der Waals surface area contributed by atoms with Crippen LogP contribution in [-0.2, 0) is 18.6 Å². The Balaban J connectivity index is 1.65. The molecule has 4 atom stereocenters. The molecule has 0 aliphatic carbocycles. The summed E-state index contributed by atoms with van der Waals surface area (Å²) in [7, 11) is -0.380. The van der Waals surface area contributed by atoms with Crippen LogP contribution in [0.5, 0.6) is 5.88 Å². The Labute approximate surface area is 184 Å². The second kappa shape index (κ2) is 7.41. The molecule has 2 fully saturated rings. The zero-order valence-corrected chi connectivity index (χ0v) is 20.6. The second-order valence-electron chi connectivity index (χ2n) is 10.3. The lowest BCUT2D eigenvalue weighted by atomic mass is 10.1. The first-order chi connectivity index (χ1) is 14.3. The van der Waals surface area contributed by atoms with Gasteiger partial charge >= 0.3 is 0 Å². The Bertz CT molecular complexity index is 971. The Kier molecular flexibility index (Phi) is 5.37. The van der Waals surface area contributed by atoms with Crippen LogP contribution in [0.15, 0.2) is 12.3 Å². The minimum atomic E-state index is -1.94. The van der Waals surface area contributed by atoms with Gasteiger partial charge in [-0.2, -0.15) is 9.97 Å². The number of rotatable bonds is 5. The Morgan fingerprint density at radius 3 is 2.52 bits per heavy atom. The standard InChI is InChI=1S/C21H34N4O5Si/c1-20(2,3)31(7,8)27-11-13-14-15(30-21(4,5)29-14)18(28-13)25-10-9-12-16(25)23-19(22)24-17(12)26-6/h9-10,13-15,18H,11H2,1-8H3,(H2,22,23,24)/t13-,14+,15+,18-/m1/s1. The molecule has 172 valence electrons. The molecule has 2 aromatic heterocycles. The van der Waals surface area contributed by atoms with Gasteiger partial charge in [0.2, 0.25) is 11.8 Å². The van der Waals surface area contributed by atoms with Gasteiger partial charge in [-0.1, -0.05) is 20.8 Å². The summed E-state index contributed by atoms with van der Waals surface area (Å²) in [6.07, 6.45) is 0.652. The number of nitrogen functional groups attached to an aromatic ring is 1. The summed E-state index contributed by atoms with van der Waals surface area (Å²) < 4.78 is 32.7. The molecule has 0 bridgehead atoms. The fraction of sp³-hybridized carbons (Fsp3) is 0.714. The minimum Gasteiger partial charge on any atom is -0.480 e. The average molecular weight is 451 g/mol. The van der Waals surface area contributed by atoms with Crippen molar-refractivity contribution in [3.63, 3.8) is 0 Å². The predicted octanol–water partition coefficient (Wildman–Crippen LogP) is 3.46. The monoisotopic (exact) mass is 450 g/mol. The van der Waals surface area contributed by atoms with Crippen molar-refractivity contribution in [3.05, 3.63) is 12.3 Å². The second-order valence-corrected chi connectivity index (χ2v) is 15.1. The Morgan fingerprint density at radius 2 is 1.87 bits per heavy atom. The molecule has 2 aliphatic rings. The van der Waals surface area contributed by atoms with Crippen LogP contribution in [0.25, 0.3) is 11.0 Å². The molecule has 9 nitrogen and oxygen atoms in total. The highest BCUT2D eigenvalue weighted by Crippen LogP contribution is 2.45. The first-order valence-corrected chi connectivity index (χ1v) is 13.6. The van der Waals surface area contributed by atoms with E-state index in [-0.39, 0.29) is 29.3 Å². The van der Waals surface area contributed by atoms with Crippen molar-refractivity contribution in [3.8, 4) is 5.88 Å². The van der Waals surface area contributed by atoms with E-state index >= 15 is 0 Å².